The fraction of sp³-hybridized carbons (Fsp3) is 0.467. The molecule has 0 bridgehead atoms. The molecule has 0 aromatic rings. The van der Waals surface area contributed by atoms with Crippen LogP contribution in [-0.2, 0) is 4.74 Å². The van der Waals surface area contributed by atoms with Gasteiger partial charge in [0.2, 0.25) is 0 Å². The van der Waals surface area contributed by atoms with E-state index in [1.807, 2.05) is 32.1 Å². The first-order valence-electron chi connectivity index (χ1n) is 6.12. The van der Waals surface area contributed by atoms with Gasteiger partial charge < -0.3 is 10.5 Å². The predicted molar refractivity (Wildman–Crippen MR) is 78.8 cm³/mol. The van der Waals surface area contributed by atoms with Crippen molar-refractivity contribution in [2.24, 2.45) is 10.7 Å². The van der Waals surface area contributed by atoms with Crippen molar-refractivity contribution in [3.63, 3.8) is 0 Å². The lowest BCUT2D eigenvalue weighted by molar-refractivity contribution is 0.212. The number of hydrogen-bond donors (Lipinski definition) is 1. The molecule has 100 valence electrons. The minimum absolute atomic E-state index is 0.529. The highest BCUT2D eigenvalue weighted by molar-refractivity contribution is 5.86. The first-order chi connectivity index (χ1) is 8.63. The summed E-state index contributed by atoms with van der Waals surface area (Å²) in [6.45, 7) is 8.68. The minimum atomic E-state index is 0.529. The fourth-order valence-corrected chi connectivity index (χ4v) is 1.32. The maximum atomic E-state index is 5.58. The number of ether oxygens (including phenoxy) is 1. The highest BCUT2D eigenvalue weighted by Crippen LogP contribution is 2.02. The van der Waals surface area contributed by atoms with Gasteiger partial charge in [-0.25, -0.2) is 0 Å². The van der Waals surface area contributed by atoms with Crippen LogP contribution in [0.25, 0.3) is 0 Å². The van der Waals surface area contributed by atoms with Crippen LogP contribution in [0.3, 0.4) is 0 Å². The van der Waals surface area contributed by atoms with Crippen molar-refractivity contribution < 1.29 is 4.74 Å². The van der Waals surface area contributed by atoms with Gasteiger partial charge in [0.25, 0.3) is 0 Å². The van der Waals surface area contributed by atoms with Gasteiger partial charge in [-0.3, -0.25) is 4.99 Å². The second-order valence-electron chi connectivity index (χ2n) is 3.98. The highest BCUT2D eigenvalue weighted by Gasteiger charge is 1.96. The average molecular weight is 248 g/mol. The van der Waals surface area contributed by atoms with E-state index in [0.717, 1.165) is 29.9 Å². The molecule has 18 heavy (non-hydrogen) atoms. The molecule has 0 unspecified atom stereocenters. The highest BCUT2D eigenvalue weighted by atomic mass is 16.5. The van der Waals surface area contributed by atoms with Crippen LogP contribution in [0.1, 0.15) is 26.7 Å². The molecule has 0 amide bonds. The summed E-state index contributed by atoms with van der Waals surface area (Å²) in [5.41, 5.74) is 10.4. The molecule has 0 spiro atoms. The maximum absolute atomic E-state index is 5.58. The Balaban J connectivity index is 3.97. The van der Waals surface area contributed by atoms with Crippen molar-refractivity contribution in [1.82, 2.24) is 0 Å². The van der Waals surface area contributed by atoms with E-state index in [1.54, 1.807) is 7.05 Å². The van der Waals surface area contributed by atoms with E-state index >= 15 is 0 Å². The molecule has 0 aromatic heterocycles. The molecule has 0 rings (SSSR count). The number of allylic oxidation sites excluding steroid dienone is 5. The Hall–Kier alpha value is -1.57. The van der Waals surface area contributed by atoms with Gasteiger partial charge in [-0.1, -0.05) is 12.7 Å². The fourth-order valence-electron chi connectivity index (χ4n) is 1.32. The first kappa shape index (κ1) is 16.4. The van der Waals surface area contributed by atoms with Crippen LogP contribution in [-0.4, -0.2) is 25.9 Å². The van der Waals surface area contributed by atoms with E-state index in [4.69, 9.17) is 10.5 Å². The van der Waals surface area contributed by atoms with Crippen LogP contribution in [0.5, 0.6) is 0 Å². The third-order valence-electron chi connectivity index (χ3n) is 2.40. The zero-order valence-corrected chi connectivity index (χ0v) is 11.7. The molecule has 0 saturated heterocycles. The van der Waals surface area contributed by atoms with E-state index in [1.165, 1.54) is 0 Å². The number of nitrogens with zero attached hydrogens (tertiary/aromatic N) is 1. The van der Waals surface area contributed by atoms with Gasteiger partial charge in [0, 0.05) is 19.3 Å². The van der Waals surface area contributed by atoms with Gasteiger partial charge in [-0.2, -0.15) is 0 Å². The van der Waals surface area contributed by atoms with Gasteiger partial charge >= 0.3 is 0 Å². The Labute approximate surface area is 110 Å². The van der Waals surface area contributed by atoms with Crippen LogP contribution in [0.2, 0.25) is 0 Å². The molecule has 0 fully saturated rings. The summed E-state index contributed by atoms with van der Waals surface area (Å²) in [5.74, 6) is 0.898. The first-order valence-corrected chi connectivity index (χ1v) is 6.12. The predicted octanol–water partition coefficient (Wildman–Crippen LogP) is 3.00. The van der Waals surface area contributed by atoms with E-state index in [-0.39, 0.29) is 0 Å². The summed E-state index contributed by atoms with van der Waals surface area (Å²) in [5, 5.41) is 0. The molecule has 0 heterocycles. The molecule has 2 N–H and O–H groups in total. The Kier molecular flexibility index (Phi) is 9.65. The molecule has 0 atom stereocenters. The van der Waals surface area contributed by atoms with Crippen molar-refractivity contribution in [2.75, 3.05) is 20.2 Å². The van der Waals surface area contributed by atoms with Crippen molar-refractivity contribution in [3.05, 3.63) is 41.9 Å². The summed E-state index contributed by atoms with van der Waals surface area (Å²) >= 11 is 0. The van der Waals surface area contributed by atoms with Crippen LogP contribution in [0.4, 0.5) is 0 Å². The van der Waals surface area contributed by atoms with E-state index in [9.17, 15) is 0 Å². The van der Waals surface area contributed by atoms with E-state index in [2.05, 4.69) is 17.3 Å². The number of hydrogen-bond acceptors (Lipinski definition) is 3. The molecule has 3 heteroatoms. The Morgan fingerprint density at radius 1 is 1.39 bits per heavy atom. The zero-order valence-electron chi connectivity index (χ0n) is 11.7. The standard InChI is InChI=1S/C15H24N2O/c1-5-7-13(2)9-10-14(3)18-11-6-8-15(12-16)17-4/h7,9-10H,1,6,8,11-12,16H2,2-4H3/b13-9-,14-10+,17-15?. The molecular weight excluding hydrogens is 224 g/mol. The molecule has 3 nitrogen and oxygen atoms in total. The van der Waals surface area contributed by atoms with Crippen molar-refractivity contribution in [3.8, 4) is 0 Å². The molecule has 0 aliphatic carbocycles. The summed E-state index contributed by atoms with van der Waals surface area (Å²) in [4.78, 5) is 4.10. The molecule has 0 saturated carbocycles. The third-order valence-corrected chi connectivity index (χ3v) is 2.40. The third kappa shape index (κ3) is 8.57. The van der Waals surface area contributed by atoms with E-state index in [0.29, 0.717) is 13.2 Å². The van der Waals surface area contributed by atoms with E-state index < -0.39 is 0 Å². The molecule has 0 aliphatic rings. The van der Waals surface area contributed by atoms with Crippen LogP contribution < -0.4 is 5.73 Å². The molecule has 0 radical (unpaired) electrons. The summed E-state index contributed by atoms with van der Waals surface area (Å²) in [6, 6.07) is 0. The van der Waals surface area contributed by atoms with Gasteiger partial charge in [0.1, 0.15) is 0 Å². The summed E-state index contributed by atoms with van der Waals surface area (Å²) < 4.78 is 5.58. The number of rotatable bonds is 8. The summed E-state index contributed by atoms with van der Waals surface area (Å²) in [6.07, 6.45) is 7.58. The average Bonchev–Trinajstić information content (AvgIpc) is 2.37. The lowest BCUT2D eigenvalue weighted by atomic mass is 10.2. The quantitative estimate of drug-likeness (QED) is 0.236. The number of nitrogens with two attached hydrogens (primary N) is 1. The maximum Gasteiger partial charge on any atom is 0.0928 e. The lowest BCUT2D eigenvalue weighted by Gasteiger charge is -2.06. The van der Waals surface area contributed by atoms with Gasteiger partial charge in [-0.05, 0) is 44.4 Å². The van der Waals surface area contributed by atoms with Gasteiger partial charge in [-0.15, -0.1) is 5.73 Å². The molecule has 0 aromatic carbocycles. The second kappa shape index (κ2) is 10.6. The Morgan fingerprint density at radius 2 is 2.11 bits per heavy atom. The smallest absolute Gasteiger partial charge is 0.0928 e. The van der Waals surface area contributed by atoms with Crippen molar-refractivity contribution in [1.29, 1.82) is 0 Å². The van der Waals surface area contributed by atoms with Crippen LogP contribution in [0, 0.1) is 0 Å². The lowest BCUT2D eigenvalue weighted by Crippen LogP contribution is -2.14. The van der Waals surface area contributed by atoms with Gasteiger partial charge in [0.15, 0.2) is 0 Å². The topological polar surface area (TPSA) is 47.6 Å². The largest absolute Gasteiger partial charge is 0.498 e. The Bertz CT molecular complexity index is 372. The number of aliphatic imine (C=N–C) groups is 1. The van der Waals surface area contributed by atoms with Gasteiger partial charge in [0.05, 0.1) is 12.4 Å². The SMILES string of the molecule is C=C=C/C(C)=C\C=C(/C)OCCCC(CN)=NC. The molecule has 0 aliphatic heterocycles. The second-order valence-corrected chi connectivity index (χ2v) is 3.98. The van der Waals surface area contributed by atoms with Crippen molar-refractivity contribution in [2.45, 2.75) is 26.7 Å². The Morgan fingerprint density at radius 3 is 2.67 bits per heavy atom. The normalized spacial score (nSPS) is 13.2. The summed E-state index contributed by atoms with van der Waals surface area (Å²) in [7, 11) is 1.77. The van der Waals surface area contributed by atoms with Crippen LogP contribution >= 0.6 is 0 Å². The molecular formula is C15H24N2O. The van der Waals surface area contributed by atoms with Crippen LogP contribution in [0.15, 0.2) is 46.9 Å². The van der Waals surface area contributed by atoms with Crippen molar-refractivity contribution >= 4 is 5.71 Å². The zero-order chi connectivity index (χ0) is 13.8. The monoisotopic (exact) mass is 248 g/mol. The minimum Gasteiger partial charge on any atom is -0.498 e.